The first-order valence-corrected chi connectivity index (χ1v) is 10.0. The summed E-state index contributed by atoms with van der Waals surface area (Å²) in [6.07, 6.45) is 1.56. The average molecular weight is 430 g/mol. The van der Waals surface area contributed by atoms with Crippen molar-refractivity contribution >= 4 is 28.3 Å². The van der Waals surface area contributed by atoms with Gasteiger partial charge >= 0.3 is 6.03 Å². The van der Waals surface area contributed by atoms with Crippen molar-refractivity contribution in [2.75, 3.05) is 5.32 Å². The first-order chi connectivity index (χ1) is 15.6. The second kappa shape index (κ2) is 8.10. The highest BCUT2D eigenvalue weighted by molar-refractivity contribution is 5.89. The van der Waals surface area contributed by atoms with Crippen LogP contribution in [0.2, 0.25) is 0 Å². The maximum absolute atomic E-state index is 13.2. The fourth-order valence-corrected chi connectivity index (χ4v) is 3.63. The number of halogens is 1. The highest BCUT2D eigenvalue weighted by Crippen LogP contribution is 2.23. The quantitative estimate of drug-likeness (QED) is 0.442. The molecule has 5 rings (SSSR count). The molecule has 9 heteroatoms. The number of fused-ring (bicyclic) bond motifs is 3. The number of amides is 2. The van der Waals surface area contributed by atoms with Gasteiger partial charge in [-0.15, -0.1) is 5.10 Å². The Kier molecular flexibility index (Phi) is 4.98. The second-order valence-electron chi connectivity index (χ2n) is 7.52. The fraction of sp³-hybridized carbons (Fsp3) is 0.130. The Bertz CT molecular complexity index is 1400. The number of urea groups is 1. The molecule has 0 fully saturated rings. The maximum Gasteiger partial charge on any atom is 0.322 e. The molecule has 0 atom stereocenters. The van der Waals surface area contributed by atoms with Crippen LogP contribution in [0.25, 0.3) is 16.6 Å². The summed E-state index contributed by atoms with van der Waals surface area (Å²) in [5.74, 6) is 0.259. The lowest BCUT2D eigenvalue weighted by molar-refractivity contribution is 0.201. The van der Waals surface area contributed by atoms with Gasteiger partial charge in [-0.2, -0.15) is 4.52 Å². The Morgan fingerprint density at radius 2 is 1.97 bits per heavy atom. The minimum absolute atomic E-state index is 0.236. The van der Waals surface area contributed by atoms with E-state index in [4.69, 9.17) is 4.42 Å². The summed E-state index contributed by atoms with van der Waals surface area (Å²) in [6, 6.07) is 16.8. The summed E-state index contributed by atoms with van der Waals surface area (Å²) in [6.45, 7) is 2.49. The van der Waals surface area contributed by atoms with Crippen molar-refractivity contribution in [3.63, 3.8) is 0 Å². The van der Waals surface area contributed by atoms with E-state index in [0.29, 0.717) is 17.1 Å². The summed E-state index contributed by atoms with van der Waals surface area (Å²) >= 11 is 0. The zero-order valence-electron chi connectivity index (χ0n) is 17.2. The van der Waals surface area contributed by atoms with E-state index in [1.54, 1.807) is 27.8 Å². The van der Waals surface area contributed by atoms with Crippen LogP contribution in [0.5, 0.6) is 0 Å². The van der Waals surface area contributed by atoms with Crippen molar-refractivity contribution in [1.29, 1.82) is 0 Å². The summed E-state index contributed by atoms with van der Waals surface area (Å²) in [4.78, 5) is 14.7. The standard InChI is InChI=1S/C23H19FN6O2/c1-15-4-9-21-16(11-15)12-17(22-26-27-28-30(21)22)13-29(14-20-3-2-10-32-20)23(31)25-19-7-5-18(24)6-8-19/h2-12H,13-14H2,1H3,(H,25,31). The van der Waals surface area contributed by atoms with Gasteiger partial charge in [0.2, 0.25) is 0 Å². The number of carbonyl (C=O) groups is 1. The van der Waals surface area contributed by atoms with E-state index in [9.17, 15) is 9.18 Å². The van der Waals surface area contributed by atoms with Gasteiger partial charge in [-0.1, -0.05) is 11.6 Å². The third-order valence-corrected chi connectivity index (χ3v) is 5.17. The number of carbonyl (C=O) groups excluding carboxylic acids is 1. The van der Waals surface area contributed by atoms with E-state index in [1.807, 2.05) is 25.1 Å². The van der Waals surface area contributed by atoms with Crippen LogP contribution >= 0.6 is 0 Å². The van der Waals surface area contributed by atoms with Crippen molar-refractivity contribution in [1.82, 2.24) is 24.9 Å². The Morgan fingerprint density at radius 1 is 1.12 bits per heavy atom. The lowest BCUT2D eigenvalue weighted by atomic mass is 10.1. The number of pyridine rings is 1. The number of anilines is 1. The zero-order valence-corrected chi connectivity index (χ0v) is 17.2. The maximum atomic E-state index is 13.2. The van der Waals surface area contributed by atoms with Crippen molar-refractivity contribution in [2.45, 2.75) is 20.0 Å². The third-order valence-electron chi connectivity index (χ3n) is 5.17. The third kappa shape index (κ3) is 3.87. The molecule has 0 aliphatic carbocycles. The predicted octanol–water partition coefficient (Wildman–Crippen LogP) is 4.55. The molecule has 0 saturated carbocycles. The molecule has 0 radical (unpaired) electrons. The number of nitrogens with one attached hydrogen (secondary N) is 1. The molecule has 3 heterocycles. The molecule has 0 aliphatic rings. The van der Waals surface area contributed by atoms with E-state index in [0.717, 1.165) is 22.0 Å². The van der Waals surface area contributed by atoms with Crippen molar-refractivity contribution in [3.8, 4) is 0 Å². The van der Waals surface area contributed by atoms with Gasteiger partial charge in [0.15, 0.2) is 5.65 Å². The Balaban J connectivity index is 1.51. The highest BCUT2D eigenvalue weighted by atomic mass is 19.1. The summed E-state index contributed by atoms with van der Waals surface area (Å²) in [5, 5.41) is 15.9. The molecule has 160 valence electrons. The SMILES string of the molecule is Cc1ccc2c(c1)cc(CN(Cc1ccco1)C(=O)Nc1ccc(F)cc1)c1nnnn12. The molecule has 8 nitrogen and oxygen atoms in total. The number of furan rings is 1. The van der Waals surface area contributed by atoms with Crippen molar-refractivity contribution in [3.05, 3.63) is 89.6 Å². The van der Waals surface area contributed by atoms with Gasteiger partial charge in [0.1, 0.15) is 11.6 Å². The van der Waals surface area contributed by atoms with Gasteiger partial charge in [-0.05, 0) is 71.9 Å². The number of hydrogen-bond donors (Lipinski definition) is 1. The molecular formula is C23H19FN6O2. The van der Waals surface area contributed by atoms with Gasteiger partial charge in [-0.25, -0.2) is 9.18 Å². The van der Waals surface area contributed by atoms with Gasteiger partial charge < -0.3 is 14.6 Å². The van der Waals surface area contributed by atoms with Crippen LogP contribution in [0.3, 0.4) is 0 Å². The van der Waals surface area contributed by atoms with Crippen LogP contribution in [0, 0.1) is 12.7 Å². The van der Waals surface area contributed by atoms with Crippen LogP contribution in [0.15, 0.2) is 71.3 Å². The van der Waals surface area contributed by atoms with E-state index < -0.39 is 0 Å². The summed E-state index contributed by atoms with van der Waals surface area (Å²) in [5.41, 5.74) is 3.84. The lowest BCUT2D eigenvalue weighted by Gasteiger charge is -2.22. The highest BCUT2D eigenvalue weighted by Gasteiger charge is 2.20. The molecule has 5 aromatic rings. The number of aromatic nitrogens is 4. The first-order valence-electron chi connectivity index (χ1n) is 10.0. The second-order valence-corrected chi connectivity index (χ2v) is 7.52. The van der Waals surface area contributed by atoms with E-state index >= 15 is 0 Å². The van der Waals surface area contributed by atoms with Gasteiger partial charge in [-0.3, -0.25) is 0 Å². The Hall–Kier alpha value is -4.27. The number of nitrogens with zero attached hydrogens (tertiary/aromatic N) is 5. The van der Waals surface area contributed by atoms with Gasteiger partial charge in [0.25, 0.3) is 0 Å². The van der Waals surface area contributed by atoms with Crippen LogP contribution < -0.4 is 5.32 Å². The normalized spacial score (nSPS) is 11.2. The fourth-order valence-electron chi connectivity index (χ4n) is 3.63. The van der Waals surface area contributed by atoms with Crippen LogP contribution in [-0.4, -0.2) is 31.0 Å². The molecule has 2 aromatic carbocycles. The molecule has 2 amide bonds. The molecule has 0 spiro atoms. The van der Waals surface area contributed by atoms with E-state index in [-0.39, 0.29) is 24.9 Å². The molecule has 3 aromatic heterocycles. The average Bonchev–Trinajstić information content (AvgIpc) is 3.47. The molecule has 0 saturated heterocycles. The molecule has 0 unspecified atom stereocenters. The summed E-state index contributed by atoms with van der Waals surface area (Å²) < 4.78 is 20.4. The molecule has 0 aliphatic heterocycles. The first kappa shape index (κ1) is 19.7. The molecule has 0 bridgehead atoms. The minimum Gasteiger partial charge on any atom is -0.467 e. The van der Waals surface area contributed by atoms with Crippen molar-refractivity contribution in [2.24, 2.45) is 0 Å². The zero-order chi connectivity index (χ0) is 22.1. The minimum atomic E-state index is -0.372. The Morgan fingerprint density at radius 3 is 2.75 bits per heavy atom. The number of rotatable bonds is 5. The number of hydrogen-bond acceptors (Lipinski definition) is 5. The lowest BCUT2D eigenvalue weighted by Crippen LogP contribution is -2.34. The number of tetrazole rings is 1. The van der Waals surface area contributed by atoms with Crippen LogP contribution in [-0.2, 0) is 13.1 Å². The van der Waals surface area contributed by atoms with Crippen LogP contribution in [0.4, 0.5) is 14.9 Å². The van der Waals surface area contributed by atoms with Crippen molar-refractivity contribution < 1.29 is 13.6 Å². The van der Waals surface area contributed by atoms with E-state index in [1.165, 1.54) is 24.3 Å². The monoisotopic (exact) mass is 430 g/mol. The smallest absolute Gasteiger partial charge is 0.322 e. The topological polar surface area (TPSA) is 88.6 Å². The van der Waals surface area contributed by atoms with Gasteiger partial charge in [0, 0.05) is 16.6 Å². The predicted molar refractivity (Wildman–Crippen MR) is 116 cm³/mol. The molecule has 32 heavy (non-hydrogen) atoms. The number of aryl methyl sites for hydroxylation is 1. The summed E-state index contributed by atoms with van der Waals surface area (Å²) in [7, 11) is 0. The molecule has 1 N–H and O–H groups in total. The van der Waals surface area contributed by atoms with Gasteiger partial charge in [0.05, 0.1) is 24.9 Å². The van der Waals surface area contributed by atoms with E-state index in [2.05, 4.69) is 26.9 Å². The van der Waals surface area contributed by atoms with Crippen LogP contribution in [0.1, 0.15) is 16.9 Å². The largest absolute Gasteiger partial charge is 0.467 e. The molecular weight excluding hydrogens is 411 g/mol. The Labute approximate surface area is 182 Å². The number of benzene rings is 2.